The fourth-order valence-corrected chi connectivity index (χ4v) is 3.64. The van der Waals surface area contributed by atoms with E-state index in [2.05, 4.69) is 9.97 Å². The van der Waals surface area contributed by atoms with Crippen LogP contribution >= 0.6 is 11.8 Å². The molecule has 9 heteroatoms. The number of carbonyl (C=O) groups excluding carboxylic acids is 1. The van der Waals surface area contributed by atoms with E-state index in [-0.39, 0.29) is 12.1 Å². The molecule has 1 unspecified atom stereocenters. The zero-order valence-corrected chi connectivity index (χ0v) is 18.1. The van der Waals surface area contributed by atoms with E-state index in [1.165, 1.54) is 23.9 Å². The van der Waals surface area contributed by atoms with Crippen molar-refractivity contribution >= 4 is 17.9 Å². The predicted octanol–water partition coefficient (Wildman–Crippen LogP) is 5.80. The molecule has 2 rings (SSSR count). The highest BCUT2D eigenvalue weighted by molar-refractivity contribution is 7.98. The molecular formula is C20H26F3N3O2S. The number of H-pyrrole nitrogens is 1. The van der Waals surface area contributed by atoms with Crippen molar-refractivity contribution in [2.45, 2.75) is 64.0 Å². The second-order valence-electron chi connectivity index (χ2n) is 7.23. The van der Waals surface area contributed by atoms with Gasteiger partial charge in [0.05, 0.1) is 5.56 Å². The number of amides is 1. The van der Waals surface area contributed by atoms with E-state index < -0.39 is 23.9 Å². The summed E-state index contributed by atoms with van der Waals surface area (Å²) in [5.74, 6) is 0.368. The Morgan fingerprint density at radius 2 is 1.69 bits per heavy atom. The largest absolute Gasteiger partial charge is 0.433 e. The molecule has 2 aromatic rings. The molecule has 1 aromatic heterocycles. The number of nitrogens with one attached hydrogen (secondary N) is 1. The highest BCUT2D eigenvalue weighted by Crippen LogP contribution is 2.33. The fraction of sp³-hybridized carbons (Fsp3) is 0.500. The molecule has 0 saturated carbocycles. The van der Waals surface area contributed by atoms with Gasteiger partial charge in [0.2, 0.25) is 0 Å². The molecule has 0 aliphatic carbocycles. The Labute approximate surface area is 173 Å². The summed E-state index contributed by atoms with van der Waals surface area (Å²) >= 11 is 1.43. The summed E-state index contributed by atoms with van der Waals surface area (Å²) in [5, 5.41) is 0.734. The Bertz CT molecular complexity index is 824. The Morgan fingerprint density at radius 1 is 1.14 bits per heavy atom. The van der Waals surface area contributed by atoms with Crippen LogP contribution in [0.4, 0.5) is 18.0 Å². The number of carbonyl (C=O) groups is 1. The van der Waals surface area contributed by atoms with Gasteiger partial charge in [-0.15, -0.1) is 11.8 Å². The first-order chi connectivity index (χ1) is 13.5. The summed E-state index contributed by atoms with van der Waals surface area (Å²) < 4.78 is 44.5. The van der Waals surface area contributed by atoms with Gasteiger partial charge in [0.25, 0.3) is 0 Å². The maximum atomic E-state index is 12.9. The van der Waals surface area contributed by atoms with Crippen molar-refractivity contribution in [2.75, 3.05) is 6.26 Å². The summed E-state index contributed by atoms with van der Waals surface area (Å²) in [7, 11) is 0. The number of ether oxygens (including phenoxy) is 1. The van der Waals surface area contributed by atoms with Crippen LogP contribution in [0, 0.1) is 6.92 Å². The van der Waals surface area contributed by atoms with Crippen molar-refractivity contribution in [3.05, 3.63) is 46.9 Å². The van der Waals surface area contributed by atoms with E-state index in [4.69, 9.17) is 4.74 Å². The first kappa shape index (κ1) is 23.1. The second-order valence-corrected chi connectivity index (χ2v) is 8.03. The van der Waals surface area contributed by atoms with Crippen LogP contribution in [0.1, 0.15) is 56.4 Å². The zero-order valence-electron chi connectivity index (χ0n) is 17.3. The SMILES string of the molecule is CSc1nc(C(OC(=O)N(C(C)C)C(C)C)c2ccc(C(F)(F)F)cc2)[nH]c1C. The Hall–Kier alpha value is -2.16. The Kier molecular flexibility index (Phi) is 7.26. The van der Waals surface area contributed by atoms with Gasteiger partial charge in [0.1, 0.15) is 5.03 Å². The van der Waals surface area contributed by atoms with Gasteiger partial charge >= 0.3 is 12.3 Å². The summed E-state index contributed by atoms with van der Waals surface area (Å²) in [6, 6.07) is 4.37. The van der Waals surface area contributed by atoms with Gasteiger partial charge < -0.3 is 14.6 Å². The minimum absolute atomic E-state index is 0.101. The van der Waals surface area contributed by atoms with E-state index in [0.717, 1.165) is 22.9 Å². The molecule has 0 spiro atoms. The Morgan fingerprint density at radius 3 is 2.10 bits per heavy atom. The Balaban J connectivity index is 2.44. The van der Waals surface area contributed by atoms with Crippen LogP contribution in [0.5, 0.6) is 0 Å². The van der Waals surface area contributed by atoms with Gasteiger partial charge in [-0.1, -0.05) is 12.1 Å². The lowest BCUT2D eigenvalue weighted by molar-refractivity contribution is -0.137. The van der Waals surface area contributed by atoms with Crippen molar-refractivity contribution in [3.8, 4) is 0 Å². The average Bonchev–Trinajstić information content (AvgIpc) is 2.99. The second kappa shape index (κ2) is 9.11. The summed E-state index contributed by atoms with van der Waals surface area (Å²) in [6.07, 6.45) is -4.08. The molecule has 29 heavy (non-hydrogen) atoms. The monoisotopic (exact) mass is 429 g/mol. The van der Waals surface area contributed by atoms with Gasteiger partial charge in [-0.25, -0.2) is 9.78 Å². The van der Waals surface area contributed by atoms with E-state index >= 15 is 0 Å². The number of nitrogens with zero attached hydrogens (tertiary/aromatic N) is 2. The van der Waals surface area contributed by atoms with Crippen molar-refractivity contribution in [1.29, 1.82) is 0 Å². The molecule has 160 valence electrons. The molecule has 0 aliphatic rings. The molecule has 1 amide bonds. The molecular weight excluding hydrogens is 403 g/mol. The quantitative estimate of drug-likeness (QED) is 0.589. The van der Waals surface area contributed by atoms with Crippen LogP contribution in [0.25, 0.3) is 0 Å². The minimum atomic E-state index is -4.44. The number of aromatic amines is 1. The molecule has 0 radical (unpaired) electrons. The number of aryl methyl sites for hydroxylation is 1. The van der Waals surface area contributed by atoms with Crippen molar-refractivity contribution in [2.24, 2.45) is 0 Å². The van der Waals surface area contributed by atoms with E-state index in [9.17, 15) is 18.0 Å². The number of thioether (sulfide) groups is 1. The third-order valence-corrected chi connectivity index (χ3v) is 5.17. The highest BCUT2D eigenvalue weighted by atomic mass is 32.2. The molecule has 1 N–H and O–H groups in total. The minimum Gasteiger partial charge on any atom is -0.433 e. The summed E-state index contributed by atoms with van der Waals surface area (Å²) in [4.78, 5) is 22.0. The van der Waals surface area contributed by atoms with Gasteiger partial charge in [-0.3, -0.25) is 0 Å². The number of imidazole rings is 1. The molecule has 1 atom stereocenters. The van der Waals surface area contributed by atoms with E-state index in [1.54, 1.807) is 4.90 Å². The maximum absolute atomic E-state index is 12.9. The number of benzene rings is 1. The van der Waals surface area contributed by atoms with E-state index in [1.807, 2.05) is 40.9 Å². The van der Waals surface area contributed by atoms with Crippen LogP contribution < -0.4 is 0 Å². The zero-order chi connectivity index (χ0) is 21.9. The molecule has 0 saturated heterocycles. The molecule has 1 aromatic carbocycles. The summed E-state index contributed by atoms with van der Waals surface area (Å²) in [6.45, 7) is 9.32. The first-order valence-electron chi connectivity index (χ1n) is 9.22. The van der Waals surface area contributed by atoms with Crippen LogP contribution in [-0.2, 0) is 10.9 Å². The number of aromatic nitrogens is 2. The van der Waals surface area contributed by atoms with Gasteiger partial charge in [-0.2, -0.15) is 13.2 Å². The predicted molar refractivity (Wildman–Crippen MR) is 107 cm³/mol. The third-order valence-electron chi connectivity index (χ3n) is 4.38. The van der Waals surface area contributed by atoms with Crippen LogP contribution in [-0.4, -0.2) is 39.3 Å². The first-order valence-corrected chi connectivity index (χ1v) is 10.4. The number of halogens is 3. The topological polar surface area (TPSA) is 58.2 Å². The molecule has 0 fully saturated rings. The van der Waals surface area contributed by atoms with Crippen molar-refractivity contribution in [3.63, 3.8) is 0 Å². The lowest BCUT2D eigenvalue weighted by Crippen LogP contribution is -2.43. The number of alkyl halides is 3. The van der Waals surface area contributed by atoms with Crippen LogP contribution in [0.3, 0.4) is 0 Å². The van der Waals surface area contributed by atoms with E-state index in [0.29, 0.717) is 11.4 Å². The number of rotatable bonds is 6. The third kappa shape index (κ3) is 5.46. The molecule has 0 aliphatic heterocycles. The van der Waals surface area contributed by atoms with Crippen LogP contribution in [0.2, 0.25) is 0 Å². The number of hydrogen-bond acceptors (Lipinski definition) is 4. The van der Waals surface area contributed by atoms with Crippen molar-refractivity contribution < 1.29 is 22.7 Å². The highest BCUT2D eigenvalue weighted by Gasteiger charge is 2.32. The fourth-order valence-electron chi connectivity index (χ4n) is 3.10. The molecule has 1 heterocycles. The van der Waals surface area contributed by atoms with Crippen LogP contribution in [0.15, 0.2) is 29.3 Å². The van der Waals surface area contributed by atoms with Gasteiger partial charge in [-0.05, 0) is 53.0 Å². The molecule has 5 nitrogen and oxygen atoms in total. The van der Waals surface area contributed by atoms with Gasteiger partial charge in [0, 0.05) is 23.3 Å². The standard InChI is InChI=1S/C20H26F3N3O2S/c1-11(2)26(12(3)4)19(27)28-16(17-24-13(5)18(25-17)29-6)14-7-9-15(10-8-14)20(21,22)23/h7-12,16H,1-6H3,(H,24,25). The maximum Gasteiger partial charge on any atom is 0.416 e. The lowest BCUT2D eigenvalue weighted by atomic mass is 10.1. The summed E-state index contributed by atoms with van der Waals surface area (Å²) in [5.41, 5.74) is 0.433. The molecule has 0 bridgehead atoms. The van der Waals surface area contributed by atoms with Crippen molar-refractivity contribution in [1.82, 2.24) is 14.9 Å². The number of hydrogen-bond donors (Lipinski definition) is 1. The lowest BCUT2D eigenvalue weighted by Gasteiger charge is -2.31. The smallest absolute Gasteiger partial charge is 0.416 e. The van der Waals surface area contributed by atoms with Gasteiger partial charge in [0.15, 0.2) is 11.9 Å². The normalized spacial score (nSPS) is 13.1. The average molecular weight is 430 g/mol.